The van der Waals surface area contributed by atoms with Crippen molar-refractivity contribution in [2.24, 2.45) is 5.92 Å². The molecule has 0 radical (unpaired) electrons. The quantitative estimate of drug-likeness (QED) is 0.679. The van der Waals surface area contributed by atoms with Crippen molar-refractivity contribution in [1.82, 2.24) is 4.98 Å². The van der Waals surface area contributed by atoms with Gasteiger partial charge < -0.3 is 0 Å². The SMILES string of the molecule is CCCC(C)CC(=O)c1cscn1. The number of carbonyl (C=O) groups excluding carboxylic acids is 1. The van der Waals surface area contributed by atoms with Crippen molar-refractivity contribution in [3.05, 3.63) is 16.6 Å². The Morgan fingerprint density at radius 1 is 1.69 bits per heavy atom. The van der Waals surface area contributed by atoms with E-state index in [-0.39, 0.29) is 5.78 Å². The Balaban J connectivity index is 2.42. The van der Waals surface area contributed by atoms with Gasteiger partial charge in [0.05, 0.1) is 5.51 Å². The maximum Gasteiger partial charge on any atom is 0.182 e. The first-order valence-electron chi connectivity index (χ1n) is 4.65. The van der Waals surface area contributed by atoms with Crippen molar-refractivity contribution in [2.75, 3.05) is 0 Å². The van der Waals surface area contributed by atoms with Crippen LogP contribution in [0.5, 0.6) is 0 Å². The lowest BCUT2D eigenvalue weighted by atomic mass is 9.99. The Morgan fingerprint density at radius 2 is 2.46 bits per heavy atom. The number of aromatic nitrogens is 1. The van der Waals surface area contributed by atoms with Crippen molar-refractivity contribution in [1.29, 1.82) is 0 Å². The second-order valence-corrected chi connectivity index (χ2v) is 4.11. The predicted octanol–water partition coefficient (Wildman–Crippen LogP) is 3.15. The summed E-state index contributed by atoms with van der Waals surface area (Å²) in [7, 11) is 0. The summed E-state index contributed by atoms with van der Waals surface area (Å²) in [6, 6.07) is 0. The molecule has 0 aliphatic rings. The lowest BCUT2D eigenvalue weighted by Crippen LogP contribution is -2.06. The van der Waals surface area contributed by atoms with Crippen molar-refractivity contribution >= 4 is 17.1 Å². The van der Waals surface area contributed by atoms with Crippen LogP contribution in [0, 0.1) is 5.92 Å². The Hall–Kier alpha value is -0.700. The van der Waals surface area contributed by atoms with Gasteiger partial charge in [0.25, 0.3) is 0 Å². The number of ketones is 1. The largest absolute Gasteiger partial charge is 0.292 e. The molecule has 3 heteroatoms. The third-order valence-electron chi connectivity index (χ3n) is 2.03. The molecule has 0 fully saturated rings. The molecule has 13 heavy (non-hydrogen) atoms. The topological polar surface area (TPSA) is 30.0 Å². The molecule has 1 rings (SSSR count). The van der Waals surface area contributed by atoms with E-state index < -0.39 is 0 Å². The highest BCUT2D eigenvalue weighted by Crippen LogP contribution is 2.14. The van der Waals surface area contributed by atoms with E-state index in [1.807, 2.05) is 5.38 Å². The molecule has 1 aromatic rings. The Labute approximate surface area is 83.0 Å². The fourth-order valence-corrected chi connectivity index (χ4v) is 1.92. The number of rotatable bonds is 5. The standard InChI is InChI=1S/C10H15NOS/c1-3-4-8(2)5-10(12)9-6-13-7-11-9/h6-8H,3-5H2,1-2H3. The highest BCUT2D eigenvalue weighted by Gasteiger charge is 2.11. The van der Waals surface area contributed by atoms with Gasteiger partial charge in [-0.3, -0.25) is 4.79 Å². The molecule has 1 atom stereocenters. The van der Waals surface area contributed by atoms with Crippen LogP contribution in [0.15, 0.2) is 10.9 Å². The first kappa shape index (κ1) is 10.4. The fourth-order valence-electron chi connectivity index (χ4n) is 1.37. The van der Waals surface area contributed by atoms with Gasteiger partial charge in [0.2, 0.25) is 0 Å². The van der Waals surface area contributed by atoms with Gasteiger partial charge in [-0.1, -0.05) is 26.7 Å². The van der Waals surface area contributed by atoms with Gasteiger partial charge in [-0.2, -0.15) is 0 Å². The second kappa shape index (κ2) is 5.12. The summed E-state index contributed by atoms with van der Waals surface area (Å²) in [4.78, 5) is 15.5. The molecule has 2 nitrogen and oxygen atoms in total. The molecule has 1 aromatic heterocycles. The van der Waals surface area contributed by atoms with Crippen LogP contribution in [0.25, 0.3) is 0 Å². The van der Waals surface area contributed by atoms with E-state index in [2.05, 4.69) is 18.8 Å². The second-order valence-electron chi connectivity index (χ2n) is 3.39. The van der Waals surface area contributed by atoms with Gasteiger partial charge in [0.15, 0.2) is 5.78 Å². The van der Waals surface area contributed by atoms with Crippen LogP contribution >= 0.6 is 11.3 Å². The molecule has 0 aliphatic heterocycles. The molecule has 1 unspecified atom stereocenters. The van der Waals surface area contributed by atoms with Crippen molar-refractivity contribution < 1.29 is 4.79 Å². The summed E-state index contributed by atoms with van der Waals surface area (Å²) in [5.41, 5.74) is 2.34. The van der Waals surface area contributed by atoms with Gasteiger partial charge in [-0.15, -0.1) is 11.3 Å². The van der Waals surface area contributed by atoms with E-state index in [0.717, 1.165) is 12.8 Å². The van der Waals surface area contributed by atoms with Crippen LogP contribution in [0.2, 0.25) is 0 Å². The molecule has 0 aromatic carbocycles. The number of carbonyl (C=O) groups is 1. The minimum atomic E-state index is 0.183. The Bertz CT molecular complexity index is 256. The van der Waals surface area contributed by atoms with E-state index in [0.29, 0.717) is 18.0 Å². The summed E-state index contributed by atoms with van der Waals surface area (Å²) in [6.07, 6.45) is 2.90. The fraction of sp³-hybridized carbons (Fsp3) is 0.600. The number of hydrogen-bond donors (Lipinski definition) is 0. The maximum absolute atomic E-state index is 11.5. The van der Waals surface area contributed by atoms with E-state index in [1.54, 1.807) is 5.51 Å². The van der Waals surface area contributed by atoms with Crippen molar-refractivity contribution in [2.45, 2.75) is 33.1 Å². The molecule has 0 spiro atoms. The van der Waals surface area contributed by atoms with Crippen LogP contribution in [0.4, 0.5) is 0 Å². The molecule has 0 bridgehead atoms. The third-order valence-corrected chi connectivity index (χ3v) is 2.62. The Morgan fingerprint density at radius 3 is 3.00 bits per heavy atom. The first-order valence-corrected chi connectivity index (χ1v) is 5.59. The summed E-state index contributed by atoms with van der Waals surface area (Å²) >= 11 is 1.48. The zero-order chi connectivity index (χ0) is 9.68. The molecule has 0 saturated heterocycles. The monoisotopic (exact) mass is 197 g/mol. The molecular formula is C10H15NOS. The van der Waals surface area contributed by atoms with E-state index in [4.69, 9.17) is 0 Å². The normalized spacial score (nSPS) is 12.8. The molecule has 0 amide bonds. The van der Waals surface area contributed by atoms with Gasteiger partial charge >= 0.3 is 0 Å². The van der Waals surface area contributed by atoms with Gasteiger partial charge in [-0.05, 0) is 5.92 Å². The summed E-state index contributed by atoms with van der Waals surface area (Å²) in [5, 5.41) is 1.82. The van der Waals surface area contributed by atoms with E-state index in [9.17, 15) is 4.79 Å². The number of nitrogens with zero attached hydrogens (tertiary/aromatic N) is 1. The maximum atomic E-state index is 11.5. The highest BCUT2D eigenvalue weighted by atomic mass is 32.1. The Kier molecular flexibility index (Phi) is 4.09. The summed E-state index contributed by atoms with van der Waals surface area (Å²) in [5.74, 6) is 0.668. The smallest absolute Gasteiger partial charge is 0.182 e. The van der Waals surface area contributed by atoms with Crippen molar-refractivity contribution in [3.8, 4) is 0 Å². The van der Waals surface area contributed by atoms with Crippen LogP contribution < -0.4 is 0 Å². The summed E-state index contributed by atoms with van der Waals surface area (Å²) in [6.45, 7) is 4.26. The average molecular weight is 197 g/mol. The van der Waals surface area contributed by atoms with E-state index >= 15 is 0 Å². The van der Waals surface area contributed by atoms with Gasteiger partial charge in [0.1, 0.15) is 5.69 Å². The molecule has 0 N–H and O–H groups in total. The lowest BCUT2D eigenvalue weighted by Gasteiger charge is -2.06. The minimum Gasteiger partial charge on any atom is -0.292 e. The number of thiazole rings is 1. The predicted molar refractivity (Wildman–Crippen MR) is 55.1 cm³/mol. The molecule has 1 heterocycles. The van der Waals surface area contributed by atoms with Crippen LogP contribution in [0.3, 0.4) is 0 Å². The first-order chi connectivity index (χ1) is 6.24. The van der Waals surface area contributed by atoms with E-state index in [1.165, 1.54) is 11.3 Å². The lowest BCUT2D eigenvalue weighted by molar-refractivity contribution is 0.0958. The molecule has 0 saturated carbocycles. The number of hydrogen-bond acceptors (Lipinski definition) is 3. The minimum absolute atomic E-state index is 0.183. The highest BCUT2D eigenvalue weighted by molar-refractivity contribution is 7.07. The molecular weight excluding hydrogens is 182 g/mol. The van der Waals surface area contributed by atoms with Crippen LogP contribution in [0.1, 0.15) is 43.6 Å². The zero-order valence-corrected chi connectivity index (χ0v) is 8.93. The van der Waals surface area contributed by atoms with Gasteiger partial charge in [-0.25, -0.2) is 4.98 Å². The molecule has 0 aliphatic carbocycles. The van der Waals surface area contributed by atoms with Crippen LogP contribution in [-0.2, 0) is 0 Å². The zero-order valence-electron chi connectivity index (χ0n) is 8.12. The number of Topliss-reactive ketones (excluding diaryl/α,β-unsaturated/α-hetero) is 1. The molecule has 72 valence electrons. The van der Waals surface area contributed by atoms with Crippen molar-refractivity contribution in [3.63, 3.8) is 0 Å². The third kappa shape index (κ3) is 3.27. The van der Waals surface area contributed by atoms with Crippen LogP contribution in [-0.4, -0.2) is 10.8 Å². The van der Waals surface area contributed by atoms with Gasteiger partial charge in [0, 0.05) is 11.8 Å². The summed E-state index contributed by atoms with van der Waals surface area (Å²) < 4.78 is 0. The average Bonchev–Trinajstić information content (AvgIpc) is 2.55.